The molecule has 0 saturated heterocycles. The molecule has 2 aromatic rings. The summed E-state index contributed by atoms with van der Waals surface area (Å²) >= 11 is 0. The van der Waals surface area contributed by atoms with Crippen molar-refractivity contribution in [2.75, 3.05) is 19.0 Å². The number of carbonyl (C=O) groups excluding carboxylic acids is 3. The van der Waals surface area contributed by atoms with Crippen LogP contribution in [0.2, 0.25) is 0 Å². The van der Waals surface area contributed by atoms with E-state index in [2.05, 4.69) is 20.9 Å². The number of hydrogen-bond donors (Lipinski definition) is 3. The molecule has 10 nitrogen and oxygen atoms in total. The molecule has 1 aromatic heterocycles. The van der Waals surface area contributed by atoms with Crippen molar-refractivity contribution in [2.24, 2.45) is 0 Å². The second-order valence-corrected chi connectivity index (χ2v) is 8.52. The molecule has 0 saturated carbocycles. The maximum Gasteiger partial charge on any atom is 0.407 e. The van der Waals surface area contributed by atoms with Crippen molar-refractivity contribution in [1.29, 1.82) is 0 Å². The molecule has 3 N–H and O–H groups in total. The molecule has 0 aliphatic carbocycles. The lowest BCUT2D eigenvalue weighted by atomic mass is 10.1. The second-order valence-electron chi connectivity index (χ2n) is 8.52. The fourth-order valence-corrected chi connectivity index (χ4v) is 2.50. The van der Waals surface area contributed by atoms with Crippen molar-refractivity contribution >= 4 is 23.6 Å². The minimum absolute atomic E-state index is 0.117. The normalized spacial score (nSPS) is 11.4. The van der Waals surface area contributed by atoms with E-state index in [1.54, 1.807) is 32.0 Å². The Labute approximate surface area is 180 Å². The van der Waals surface area contributed by atoms with Crippen molar-refractivity contribution in [3.8, 4) is 17.1 Å². The summed E-state index contributed by atoms with van der Waals surface area (Å²) in [5, 5.41) is 7.71. The van der Waals surface area contributed by atoms with Crippen LogP contribution in [-0.4, -0.2) is 47.7 Å². The topological polar surface area (TPSA) is 132 Å². The van der Waals surface area contributed by atoms with E-state index in [1.165, 1.54) is 19.7 Å². The Bertz CT molecular complexity index is 932. The molecule has 2 rings (SSSR count). The van der Waals surface area contributed by atoms with Gasteiger partial charge in [-0.1, -0.05) is 0 Å². The number of alkyl carbamates (subject to hydrolysis) is 1. The van der Waals surface area contributed by atoms with E-state index < -0.39 is 29.0 Å². The van der Waals surface area contributed by atoms with E-state index in [0.29, 0.717) is 22.8 Å². The zero-order valence-electron chi connectivity index (χ0n) is 18.5. The van der Waals surface area contributed by atoms with Crippen LogP contribution < -0.4 is 20.7 Å². The summed E-state index contributed by atoms with van der Waals surface area (Å²) in [7, 11) is 1.48. The van der Waals surface area contributed by atoms with Crippen LogP contribution in [-0.2, 0) is 14.3 Å². The van der Waals surface area contributed by atoms with Crippen molar-refractivity contribution < 1.29 is 28.3 Å². The highest BCUT2D eigenvalue weighted by molar-refractivity contribution is 6.39. The predicted octanol–water partition coefficient (Wildman–Crippen LogP) is 2.71. The van der Waals surface area contributed by atoms with Gasteiger partial charge < -0.3 is 29.8 Å². The molecule has 0 spiro atoms. The number of carbonyl (C=O) groups is 3. The third-order valence-corrected chi connectivity index (χ3v) is 3.86. The Balaban J connectivity index is 1.96. The molecule has 31 heavy (non-hydrogen) atoms. The molecular formula is C21H28N4O6. The highest BCUT2D eigenvalue weighted by atomic mass is 16.5. The van der Waals surface area contributed by atoms with Crippen LogP contribution in [0, 0.1) is 0 Å². The van der Waals surface area contributed by atoms with Crippen LogP contribution in [0.1, 0.15) is 34.6 Å². The van der Waals surface area contributed by atoms with E-state index in [4.69, 9.17) is 13.9 Å². The number of anilines is 1. The number of hydrogen-bond acceptors (Lipinski definition) is 7. The van der Waals surface area contributed by atoms with Gasteiger partial charge in [-0.05, 0) is 46.8 Å². The van der Waals surface area contributed by atoms with E-state index in [-0.39, 0.29) is 6.61 Å². The van der Waals surface area contributed by atoms with Crippen LogP contribution in [0.4, 0.5) is 10.5 Å². The maximum atomic E-state index is 12.3. The molecule has 0 unspecified atom stereocenters. The summed E-state index contributed by atoms with van der Waals surface area (Å²) in [6.07, 6.45) is 2.22. The quantitative estimate of drug-likeness (QED) is 0.598. The summed E-state index contributed by atoms with van der Waals surface area (Å²) in [6, 6.07) is 4.85. The number of ether oxygens (including phenoxy) is 2. The van der Waals surface area contributed by atoms with Gasteiger partial charge in [0.15, 0.2) is 12.2 Å². The standard InChI is InChI=1S/C21H28N4O6/c1-20(2,3)25-19(28)30-11-21(4,5)24-18(27)17(26)23-13-7-8-14(15(9-13)29-6)16-10-22-12-31-16/h7-10,12H,11H2,1-6H3,(H,23,26)(H,24,27)(H,25,28). The van der Waals surface area contributed by atoms with Gasteiger partial charge in [-0.25, -0.2) is 9.78 Å². The first-order valence-electron chi connectivity index (χ1n) is 9.55. The predicted molar refractivity (Wildman–Crippen MR) is 114 cm³/mol. The molecule has 0 atom stereocenters. The van der Waals surface area contributed by atoms with E-state index in [0.717, 1.165) is 0 Å². The van der Waals surface area contributed by atoms with Crippen LogP contribution in [0.3, 0.4) is 0 Å². The van der Waals surface area contributed by atoms with Crippen LogP contribution in [0.25, 0.3) is 11.3 Å². The number of benzene rings is 1. The van der Waals surface area contributed by atoms with E-state index in [1.807, 2.05) is 20.8 Å². The fraction of sp³-hybridized carbons (Fsp3) is 0.429. The first-order chi connectivity index (χ1) is 14.4. The van der Waals surface area contributed by atoms with Gasteiger partial charge in [0.05, 0.1) is 24.4 Å². The van der Waals surface area contributed by atoms with Gasteiger partial charge in [0.1, 0.15) is 12.4 Å². The number of nitrogens with zero attached hydrogens (tertiary/aromatic N) is 1. The summed E-state index contributed by atoms with van der Waals surface area (Å²) in [6.45, 7) is 8.61. The van der Waals surface area contributed by atoms with Gasteiger partial charge in [0, 0.05) is 17.3 Å². The molecule has 168 valence electrons. The fourth-order valence-electron chi connectivity index (χ4n) is 2.50. The molecule has 0 fully saturated rings. The van der Waals surface area contributed by atoms with Gasteiger partial charge in [0.25, 0.3) is 0 Å². The lowest BCUT2D eigenvalue weighted by Gasteiger charge is -2.27. The zero-order valence-corrected chi connectivity index (χ0v) is 18.5. The Morgan fingerprint density at radius 3 is 2.35 bits per heavy atom. The Morgan fingerprint density at radius 2 is 1.77 bits per heavy atom. The third-order valence-electron chi connectivity index (χ3n) is 3.86. The minimum Gasteiger partial charge on any atom is -0.496 e. The van der Waals surface area contributed by atoms with Crippen molar-refractivity contribution in [3.63, 3.8) is 0 Å². The Hall–Kier alpha value is -3.56. The smallest absolute Gasteiger partial charge is 0.407 e. The molecule has 0 aliphatic rings. The molecule has 0 bridgehead atoms. The molecule has 0 aliphatic heterocycles. The number of rotatable bonds is 6. The molecule has 10 heteroatoms. The largest absolute Gasteiger partial charge is 0.496 e. The van der Waals surface area contributed by atoms with Crippen LogP contribution in [0.15, 0.2) is 35.2 Å². The summed E-state index contributed by atoms with van der Waals surface area (Å²) in [5.41, 5.74) is -0.403. The van der Waals surface area contributed by atoms with Crippen LogP contribution >= 0.6 is 0 Å². The van der Waals surface area contributed by atoms with E-state index in [9.17, 15) is 14.4 Å². The average Bonchev–Trinajstić information content (AvgIpc) is 3.19. The lowest BCUT2D eigenvalue weighted by Crippen LogP contribution is -2.52. The molecule has 3 amide bonds. The lowest BCUT2D eigenvalue weighted by molar-refractivity contribution is -0.137. The molecule has 1 heterocycles. The maximum absolute atomic E-state index is 12.3. The Morgan fingerprint density at radius 1 is 1.06 bits per heavy atom. The first kappa shape index (κ1) is 23.7. The number of aromatic nitrogens is 1. The highest BCUT2D eigenvalue weighted by Crippen LogP contribution is 2.32. The molecule has 0 radical (unpaired) electrons. The number of methoxy groups -OCH3 is 1. The van der Waals surface area contributed by atoms with E-state index >= 15 is 0 Å². The number of oxazole rings is 1. The molecular weight excluding hydrogens is 404 g/mol. The van der Waals surface area contributed by atoms with Gasteiger partial charge in [-0.3, -0.25) is 9.59 Å². The number of amides is 3. The van der Waals surface area contributed by atoms with Gasteiger partial charge in [0.2, 0.25) is 0 Å². The van der Waals surface area contributed by atoms with Gasteiger partial charge in [-0.2, -0.15) is 0 Å². The molecule has 1 aromatic carbocycles. The SMILES string of the molecule is COc1cc(NC(=O)C(=O)NC(C)(C)COC(=O)NC(C)(C)C)ccc1-c1cnco1. The summed E-state index contributed by atoms with van der Waals surface area (Å²) in [4.78, 5) is 40.3. The zero-order chi connectivity index (χ0) is 23.2. The third kappa shape index (κ3) is 7.32. The monoisotopic (exact) mass is 432 g/mol. The minimum atomic E-state index is -0.961. The summed E-state index contributed by atoms with van der Waals surface area (Å²) in [5.74, 6) is -0.803. The van der Waals surface area contributed by atoms with Crippen molar-refractivity contribution in [2.45, 2.75) is 45.7 Å². The summed E-state index contributed by atoms with van der Waals surface area (Å²) < 4.78 is 15.7. The van der Waals surface area contributed by atoms with Crippen molar-refractivity contribution in [1.82, 2.24) is 15.6 Å². The number of nitrogens with one attached hydrogen (secondary N) is 3. The highest BCUT2D eigenvalue weighted by Gasteiger charge is 2.27. The Kier molecular flexibility index (Phi) is 7.27. The second kappa shape index (κ2) is 9.50. The first-order valence-corrected chi connectivity index (χ1v) is 9.55. The van der Waals surface area contributed by atoms with Gasteiger partial charge in [-0.15, -0.1) is 0 Å². The van der Waals surface area contributed by atoms with Crippen molar-refractivity contribution in [3.05, 3.63) is 30.8 Å². The average molecular weight is 432 g/mol. The van der Waals surface area contributed by atoms with Gasteiger partial charge >= 0.3 is 17.9 Å². The van der Waals surface area contributed by atoms with Crippen LogP contribution in [0.5, 0.6) is 5.75 Å².